The number of thiophene rings is 1. The summed E-state index contributed by atoms with van der Waals surface area (Å²) in [6, 6.07) is 13.1. The summed E-state index contributed by atoms with van der Waals surface area (Å²) in [5.74, 6) is 0.208. The Kier molecular flexibility index (Phi) is 4.68. The van der Waals surface area contributed by atoms with Gasteiger partial charge in [-0.05, 0) is 40.9 Å². The number of benzene rings is 1. The number of carbonyl (C=O) groups is 1. The maximum absolute atomic E-state index is 13.4. The number of carbonyl (C=O) groups excluding carboxylic acids is 1. The minimum Gasteiger partial charge on any atom is -0.467 e. The number of hydrogen-bond acceptors (Lipinski definition) is 7. The molecule has 4 aromatic rings. The molecule has 3 aromatic heterocycles. The minimum atomic E-state index is -0.395. The standard InChI is InChI=1S/C20H15FN6O2S/c21-14-5-1-4-13(10-14)20-22-25-26(24-20)12-19(28)27-16(17-6-2-8-29-17)11-15(23-27)18-7-3-9-30-18/h1-10,16H,11-12H2/t16-/m1/s1. The molecule has 30 heavy (non-hydrogen) atoms. The molecular weight excluding hydrogens is 407 g/mol. The number of furan rings is 1. The van der Waals surface area contributed by atoms with Gasteiger partial charge >= 0.3 is 0 Å². The van der Waals surface area contributed by atoms with E-state index in [1.54, 1.807) is 35.8 Å². The first-order valence-corrected chi connectivity index (χ1v) is 10.1. The molecule has 1 aliphatic heterocycles. The highest BCUT2D eigenvalue weighted by atomic mass is 32.1. The van der Waals surface area contributed by atoms with E-state index in [-0.39, 0.29) is 24.3 Å². The highest BCUT2D eigenvalue weighted by molar-refractivity contribution is 7.12. The van der Waals surface area contributed by atoms with Crippen LogP contribution in [0.25, 0.3) is 11.4 Å². The summed E-state index contributed by atoms with van der Waals surface area (Å²) in [5, 5.41) is 20.0. The first-order chi connectivity index (χ1) is 14.7. The normalized spacial score (nSPS) is 16.1. The largest absolute Gasteiger partial charge is 0.467 e. The molecule has 5 rings (SSSR count). The van der Waals surface area contributed by atoms with Gasteiger partial charge in [-0.25, -0.2) is 9.40 Å². The maximum Gasteiger partial charge on any atom is 0.267 e. The van der Waals surface area contributed by atoms with E-state index in [0.717, 1.165) is 10.6 Å². The zero-order valence-electron chi connectivity index (χ0n) is 15.6. The molecule has 0 radical (unpaired) electrons. The number of rotatable bonds is 5. The van der Waals surface area contributed by atoms with Gasteiger partial charge in [0.2, 0.25) is 5.82 Å². The molecule has 0 N–H and O–H groups in total. The van der Waals surface area contributed by atoms with Gasteiger partial charge in [0.05, 0.1) is 16.9 Å². The fraction of sp³-hybridized carbons (Fsp3) is 0.150. The number of amides is 1. The van der Waals surface area contributed by atoms with Crippen LogP contribution >= 0.6 is 11.3 Å². The van der Waals surface area contributed by atoms with Gasteiger partial charge in [0.1, 0.15) is 24.2 Å². The van der Waals surface area contributed by atoms with Crippen LogP contribution in [0, 0.1) is 5.82 Å². The first kappa shape index (κ1) is 18.4. The molecule has 0 saturated heterocycles. The second-order valence-corrected chi connectivity index (χ2v) is 7.60. The quantitative estimate of drug-likeness (QED) is 0.491. The Hall–Kier alpha value is -3.66. The van der Waals surface area contributed by atoms with Crippen LogP contribution in [-0.4, -0.2) is 36.8 Å². The third-order valence-electron chi connectivity index (χ3n) is 4.66. The molecule has 0 bridgehead atoms. The van der Waals surface area contributed by atoms with Gasteiger partial charge in [0.25, 0.3) is 5.91 Å². The van der Waals surface area contributed by atoms with E-state index in [1.165, 1.54) is 21.9 Å². The molecule has 1 atom stereocenters. The maximum atomic E-state index is 13.4. The second-order valence-electron chi connectivity index (χ2n) is 6.65. The van der Waals surface area contributed by atoms with Crippen molar-refractivity contribution in [3.05, 3.63) is 76.6 Å². The predicted molar refractivity (Wildman–Crippen MR) is 107 cm³/mol. The molecule has 150 valence electrons. The van der Waals surface area contributed by atoms with E-state index in [0.29, 0.717) is 17.7 Å². The molecule has 0 fully saturated rings. The van der Waals surface area contributed by atoms with Crippen LogP contribution < -0.4 is 0 Å². The van der Waals surface area contributed by atoms with Crippen LogP contribution in [0.1, 0.15) is 23.1 Å². The Morgan fingerprint density at radius 1 is 1.23 bits per heavy atom. The van der Waals surface area contributed by atoms with E-state index in [4.69, 9.17) is 4.42 Å². The molecule has 0 saturated carbocycles. The predicted octanol–water partition coefficient (Wildman–Crippen LogP) is 3.51. The average Bonchev–Trinajstić information content (AvgIpc) is 3.54. The number of tetrazole rings is 1. The summed E-state index contributed by atoms with van der Waals surface area (Å²) in [6.07, 6.45) is 2.13. The lowest BCUT2D eigenvalue weighted by molar-refractivity contribution is -0.134. The van der Waals surface area contributed by atoms with Crippen molar-refractivity contribution in [1.82, 2.24) is 25.2 Å². The number of aromatic nitrogens is 4. The van der Waals surface area contributed by atoms with Crippen molar-refractivity contribution in [3.63, 3.8) is 0 Å². The molecule has 0 aliphatic carbocycles. The van der Waals surface area contributed by atoms with Gasteiger partial charge in [0.15, 0.2) is 0 Å². The number of hydrogen-bond donors (Lipinski definition) is 0. The van der Waals surface area contributed by atoms with E-state index in [2.05, 4.69) is 20.5 Å². The number of nitrogens with zero attached hydrogens (tertiary/aromatic N) is 6. The second kappa shape index (κ2) is 7.64. The van der Waals surface area contributed by atoms with Gasteiger partial charge in [-0.2, -0.15) is 9.90 Å². The molecule has 1 amide bonds. The van der Waals surface area contributed by atoms with Crippen molar-refractivity contribution in [2.24, 2.45) is 5.10 Å². The minimum absolute atomic E-state index is 0.152. The highest BCUT2D eigenvalue weighted by Crippen LogP contribution is 2.34. The van der Waals surface area contributed by atoms with Crippen LogP contribution in [0.5, 0.6) is 0 Å². The van der Waals surface area contributed by atoms with Crippen molar-refractivity contribution in [2.45, 2.75) is 19.0 Å². The fourth-order valence-corrected chi connectivity index (χ4v) is 4.00. The molecular formula is C20H15FN6O2S. The molecule has 0 unspecified atom stereocenters. The SMILES string of the molecule is O=C(Cn1nnc(-c2cccc(F)c2)n1)N1N=C(c2cccs2)C[C@@H]1c1ccco1. The molecule has 8 nitrogen and oxygen atoms in total. The van der Waals surface area contributed by atoms with E-state index in [9.17, 15) is 9.18 Å². The van der Waals surface area contributed by atoms with Crippen molar-refractivity contribution in [1.29, 1.82) is 0 Å². The van der Waals surface area contributed by atoms with Crippen molar-refractivity contribution >= 4 is 23.0 Å². The van der Waals surface area contributed by atoms with Crippen LogP contribution in [0.4, 0.5) is 4.39 Å². The van der Waals surface area contributed by atoms with Gasteiger partial charge in [-0.3, -0.25) is 4.79 Å². The molecule has 1 aromatic carbocycles. The van der Waals surface area contributed by atoms with Gasteiger partial charge in [0, 0.05) is 12.0 Å². The van der Waals surface area contributed by atoms with Gasteiger partial charge in [-0.15, -0.1) is 21.5 Å². The van der Waals surface area contributed by atoms with Crippen molar-refractivity contribution in [3.8, 4) is 11.4 Å². The molecule has 0 spiro atoms. The summed E-state index contributed by atoms with van der Waals surface area (Å²) in [6.45, 7) is -0.152. The number of halogens is 1. The zero-order valence-corrected chi connectivity index (χ0v) is 16.4. The molecule has 1 aliphatic rings. The summed E-state index contributed by atoms with van der Waals surface area (Å²) in [4.78, 5) is 15.2. The smallest absolute Gasteiger partial charge is 0.267 e. The van der Waals surface area contributed by atoms with Crippen molar-refractivity contribution in [2.75, 3.05) is 0 Å². The third-order valence-corrected chi connectivity index (χ3v) is 5.57. The Morgan fingerprint density at radius 2 is 2.17 bits per heavy atom. The Bertz CT molecular complexity index is 1200. The Morgan fingerprint density at radius 3 is 2.93 bits per heavy atom. The fourth-order valence-electron chi connectivity index (χ4n) is 3.28. The van der Waals surface area contributed by atoms with Crippen LogP contribution in [0.2, 0.25) is 0 Å². The number of hydrazone groups is 1. The van der Waals surface area contributed by atoms with Crippen LogP contribution in [0.15, 0.2) is 69.7 Å². The summed E-state index contributed by atoms with van der Waals surface area (Å²) in [5.41, 5.74) is 1.31. The van der Waals surface area contributed by atoms with Crippen LogP contribution in [0.3, 0.4) is 0 Å². The highest BCUT2D eigenvalue weighted by Gasteiger charge is 2.35. The molecule has 4 heterocycles. The molecule has 10 heteroatoms. The summed E-state index contributed by atoms with van der Waals surface area (Å²) >= 11 is 1.57. The van der Waals surface area contributed by atoms with Crippen LogP contribution in [-0.2, 0) is 11.3 Å². The summed E-state index contributed by atoms with van der Waals surface area (Å²) in [7, 11) is 0. The van der Waals surface area contributed by atoms with Crippen molar-refractivity contribution < 1.29 is 13.6 Å². The van der Waals surface area contributed by atoms with Gasteiger partial charge < -0.3 is 4.42 Å². The third kappa shape index (κ3) is 3.52. The topological polar surface area (TPSA) is 89.4 Å². The lowest BCUT2D eigenvalue weighted by atomic mass is 10.1. The lowest BCUT2D eigenvalue weighted by Gasteiger charge is -2.19. The zero-order chi connectivity index (χ0) is 20.5. The Labute approximate surface area is 174 Å². The lowest BCUT2D eigenvalue weighted by Crippen LogP contribution is -2.31. The Balaban J connectivity index is 1.38. The van der Waals surface area contributed by atoms with Gasteiger partial charge in [-0.1, -0.05) is 18.2 Å². The summed E-state index contributed by atoms with van der Waals surface area (Å²) < 4.78 is 19.0. The van der Waals surface area contributed by atoms with E-state index >= 15 is 0 Å². The first-order valence-electron chi connectivity index (χ1n) is 9.18. The monoisotopic (exact) mass is 422 g/mol. The van der Waals surface area contributed by atoms with E-state index in [1.807, 2.05) is 23.6 Å². The van der Waals surface area contributed by atoms with E-state index < -0.39 is 5.82 Å². The average molecular weight is 422 g/mol.